The lowest BCUT2D eigenvalue weighted by atomic mass is 10.2. The highest BCUT2D eigenvalue weighted by molar-refractivity contribution is 9.11. The van der Waals surface area contributed by atoms with E-state index in [-0.39, 0.29) is 5.82 Å². The number of carbonyl (C=O) groups is 1. The molecular formula is C10H7Br2FO. The third kappa shape index (κ3) is 3.03. The molecule has 4 heteroatoms. The quantitative estimate of drug-likeness (QED) is 0.770. The second kappa shape index (κ2) is 5.41. The molecule has 0 saturated heterocycles. The summed E-state index contributed by atoms with van der Waals surface area (Å²) < 4.78 is 14.2. The summed E-state index contributed by atoms with van der Waals surface area (Å²) in [5.41, 5.74) is 0.827. The molecule has 0 N–H and O–H groups in total. The Balaban J connectivity index is 3.02. The predicted molar refractivity (Wildman–Crippen MR) is 61.5 cm³/mol. The predicted octanol–water partition coefficient (Wildman–Crippen LogP) is 3.95. The fraction of sp³-hybridized carbons (Fsp3) is 0.100. The molecule has 0 atom stereocenters. The molecule has 1 nitrogen and oxygen atoms in total. The molecule has 1 rings (SSSR count). The van der Waals surface area contributed by atoms with Gasteiger partial charge in [-0.2, -0.15) is 0 Å². The third-order valence-corrected chi connectivity index (χ3v) is 2.87. The summed E-state index contributed by atoms with van der Waals surface area (Å²) in [5, 5.41) is 0. The Bertz CT molecular complexity index is 351. The molecule has 0 heterocycles. The first kappa shape index (κ1) is 11.6. The van der Waals surface area contributed by atoms with E-state index in [9.17, 15) is 9.18 Å². The maximum atomic E-state index is 12.9. The minimum Gasteiger partial charge on any atom is -0.303 e. The number of hydrogen-bond donors (Lipinski definition) is 0. The van der Waals surface area contributed by atoms with Crippen molar-refractivity contribution in [3.8, 4) is 0 Å². The Morgan fingerprint density at radius 1 is 1.29 bits per heavy atom. The number of aldehydes is 1. The van der Waals surface area contributed by atoms with Gasteiger partial charge in [0, 0.05) is 20.9 Å². The van der Waals surface area contributed by atoms with Gasteiger partial charge in [0.05, 0.1) is 0 Å². The van der Waals surface area contributed by atoms with Crippen LogP contribution in [0.25, 0.3) is 6.08 Å². The van der Waals surface area contributed by atoms with Crippen LogP contribution < -0.4 is 0 Å². The lowest BCUT2D eigenvalue weighted by molar-refractivity contribution is -0.107. The lowest BCUT2D eigenvalue weighted by Gasteiger charge is -2.02. The van der Waals surface area contributed by atoms with E-state index in [1.807, 2.05) is 0 Å². The average molecular weight is 322 g/mol. The van der Waals surface area contributed by atoms with E-state index in [1.165, 1.54) is 12.1 Å². The van der Waals surface area contributed by atoms with Crippen LogP contribution in [0.4, 0.5) is 4.39 Å². The lowest BCUT2D eigenvalue weighted by Crippen LogP contribution is -1.82. The molecule has 0 aromatic heterocycles. The topological polar surface area (TPSA) is 17.1 Å². The zero-order valence-corrected chi connectivity index (χ0v) is 10.3. The summed E-state index contributed by atoms with van der Waals surface area (Å²) >= 11 is 6.48. The van der Waals surface area contributed by atoms with Crippen LogP contribution in [0.2, 0.25) is 0 Å². The van der Waals surface area contributed by atoms with E-state index in [1.54, 1.807) is 12.2 Å². The average Bonchev–Trinajstić information content (AvgIpc) is 2.09. The molecule has 1 aromatic rings. The summed E-state index contributed by atoms with van der Waals surface area (Å²) in [5.74, 6) is -0.309. The van der Waals surface area contributed by atoms with E-state index in [2.05, 4.69) is 31.9 Å². The SMILES string of the molecule is O=CCC=Cc1c(Br)cc(F)cc1Br. The molecule has 74 valence electrons. The van der Waals surface area contributed by atoms with Gasteiger partial charge in [-0.1, -0.05) is 44.0 Å². The van der Waals surface area contributed by atoms with Crippen molar-refractivity contribution in [2.45, 2.75) is 6.42 Å². The Morgan fingerprint density at radius 2 is 1.86 bits per heavy atom. The van der Waals surface area contributed by atoms with Gasteiger partial charge in [0.1, 0.15) is 12.1 Å². The molecule has 0 fully saturated rings. The Labute approximate surface area is 98.3 Å². The number of hydrogen-bond acceptors (Lipinski definition) is 1. The van der Waals surface area contributed by atoms with Gasteiger partial charge in [0.25, 0.3) is 0 Å². The number of carbonyl (C=O) groups excluding carboxylic acids is 1. The Kier molecular flexibility index (Phi) is 4.48. The molecule has 0 radical (unpaired) electrons. The second-order valence-corrected chi connectivity index (χ2v) is 4.30. The molecule has 0 spiro atoms. The van der Waals surface area contributed by atoms with Crippen LogP contribution in [0, 0.1) is 5.82 Å². The molecule has 0 bridgehead atoms. The van der Waals surface area contributed by atoms with E-state index in [0.717, 1.165) is 11.8 Å². The van der Waals surface area contributed by atoms with Gasteiger partial charge in [0.15, 0.2) is 0 Å². The van der Waals surface area contributed by atoms with Crippen molar-refractivity contribution in [3.05, 3.63) is 38.5 Å². The number of rotatable bonds is 3. The van der Waals surface area contributed by atoms with Gasteiger partial charge in [-0.25, -0.2) is 4.39 Å². The molecule has 0 unspecified atom stereocenters. The summed E-state index contributed by atoms with van der Waals surface area (Å²) in [6.45, 7) is 0. The third-order valence-electron chi connectivity index (χ3n) is 1.56. The number of allylic oxidation sites excluding steroid dienone is 1. The molecule has 0 amide bonds. The largest absolute Gasteiger partial charge is 0.303 e. The standard InChI is InChI=1S/C10H7Br2FO/c11-9-5-7(13)6-10(12)8(9)3-1-2-4-14/h1,3-6H,2H2. The molecule has 0 saturated carbocycles. The number of halogens is 3. The number of benzene rings is 1. The minimum absolute atomic E-state index is 0.309. The second-order valence-electron chi connectivity index (χ2n) is 2.59. The van der Waals surface area contributed by atoms with Crippen LogP contribution in [-0.2, 0) is 4.79 Å². The van der Waals surface area contributed by atoms with Crippen molar-refractivity contribution >= 4 is 44.2 Å². The van der Waals surface area contributed by atoms with Gasteiger partial charge in [0.2, 0.25) is 0 Å². The van der Waals surface area contributed by atoms with Crippen LogP contribution in [0.15, 0.2) is 27.2 Å². The van der Waals surface area contributed by atoms with Crippen LogP contribution in [0.5, 0.6) is 0 Å². The zero-order valence-electron chi connectivity index (χ0n) is 7.14. The Morgan fingerprint density at radius 3 is 2.36 bits per heavy atom. The summed E-state index contributed by atoms with van der Waals surface area (Å²) in [4.78, 5) is 10.1. The van der Waals surface area contributed by atoms with Gasteiger partial charge in [-0.3, -0.25) is 0 Å². The molecular weight excluding hydrogens is 315 g/mol. The first-order chi connectivity index (χ1) is 6.65. The first-order valence-corrected chi connectivity index (χ1v) is 5.48. The first-order valence-electron chi connectivity index (χ1n) is 3.90. The van der Waals surface area contributed by atoms with Crippen molar-refractivity contribution in [2.24, 2.45) is 0 Å². The maximum absolute atomic E-state index is 12.9. The fourth-order valence-electron chi connectivity index (χ4n) is 0.954. The van der Waals surface area contributed by atoms with E-state index >= 15 is 0 Å². The van der Waals surface area contributed by atoms with E-state index in [4.69, 9.17) is 0 Å². The minimum atomic E-state index is -0.309. The maximum Gasteiger partial charge on any atom is 0.125 e. The summed E-state index contributed by atoms with van der Waals surface area (Å²) in [7, 11) is 0. The molecule has 0 aliphatic heterocycles. The van der Waals surface area contributed by atoms with Crippen molar-refractivity contribution in [3.63, 3.8) is 0 Å². The van der Waals surface area contributed by atoms with Crippen molar-refractivity contribution < 1.29 is 9.18 Å². The molecule has 0 aliphatic rings. The highest BCUT2D eigenvalue weighted by Crippen LogP contribution is 2.28. The van der Waals surface area contributed by atoms with Gasteiger partial charge in [-0.05, 0) is 12.1 Å². The normalized spacial score (nSPS) is 10.8. The van der Waals surface area contributed by atoms with Crippen LogP contribution >= 0.6 is 31.9 Å². The van der Waals surface area contributed by atoms with Gasteiger partial charge in [-0.15, -0.1) is 0 Å². The van der Waals surface area contributed by atoms with Gasteiger partial charge < -0.3 is 4.79 Å². The molecule has 1 aromatic carbocycles. The highest BCUT2D eigenvalue weighted by atomic mass is 79.9. The van der Waals surface area contributed by atoms with Crippen LogP contribution in [0.3, 0.4) is 0 Å². The van der Waals surface area contributed by atoms with Crippen LogP contribution in [-0.4, -0.2) is 6.29 Å². The van der Waals surface area contributed by atoms with Crippen LogP contribution in [0.1, 0.15) is 12.0 Å². The monoisotopic (exact) mass is 320 g/mol. The highest BCUT2D eigenvalue weighted by Gasteiger charge is 2.03. The van der Waals surface area contributed by atoms with Crippen molar-refractivity contribution in [1.82, 2.24) is 0 Å². The fourth-order valence-corrected chi connectivity index (χ4v) is 2.35. The molecule has 0 aliphatic carbocycles. The van der Waals surface area contributed by atoms with Crippen molar-refractivity contribution in [2.75, 3.05) is 0 Å². The Hall–Kier alpha value is -0.480. The van der Waals surface area contributed by atoms with E-state index < -0.39 is 0 Å². The summed E-state index contributed by atoms with van der Waals surface area (Å²) in [6.07, 6.45) is 4.65. The van der Waals surface area contributed by atoms with E-state index in [0.29, 0.717) is 15.4 Å². The molecule has 14 heavy (non-hydrogen) atoms. The zero-order chi connectivity index (χ0) is 10.6. The summed E-state index contributed by atoms with van der Waals surface area (Å²) in [6, 6.07) is 2.76. The smallest absolute Gasteiger partial charge is 0.125 e. The van der Waals surface area contributed by atoms with Crippen molar-refractivity contribution in [1.29, 1.82) is 0 Å². The van der Waals surface area contributed by atoms with Gasteiger partial charge >= 0.3 is 0 Å².